The van der Waals surface area contributed by atoms with Gasteiger partial charge in [0.25, 0.3) is 0 Å². The van der Waals surface area contributed by atoms with Crippen molar-refractivity contribution in [3.05, 3.63) is 72.2 Å². The molecule has 0 fully saturated rings. The van der Waals surface area contributed by atoms with E-state index in [0.717, 1.165) is 22.1 Å². The summed E-state index contributed by atoms with van der Waals surface area (Å²) in [7, 11) is 0. The zero-order chi connectivity index (χ0) is 21.1. The molecule has 0 saturated heterocycles. The number of imidazole rings is 1. The lowest BCUT2D eigenvalue weighted by molar-refractivity contribution is 0.820. The third-order valence-corrected chi connectivity index (χ3v) is 5.59. The van der Waals surface area contributed by atoms with Crippen LogP contribution in [0.2, 0.25) is 0 Å². The predicted molar refractivity (Wildman–Crippen MR) is 121 cm³/mol. The standard InChI is InChI=1S/C22H23N7S/c1-14(2)16-10-6-7-11-17(16)29-18(15-8-4-3-5-9-15)12-25-22(29)30-13-19-26-20(23)28-21(24)27-19/h3-12,14H,13H2,1-2H3,(H4,23,24,26,27,28). The van der Waals surface area contributed by atoms with E-state index in [9.17, 15) is 0 Å². The number of nitrogen functional groups attached to an aromatic ring is 2. The molecule has 0 saturated carbocycles. The van der Waals surface area contributed by atoms with Gasteiger partial charge in [-0.15, -0.1) is 0 Å². The first-order valence-corrected chi connectivity index (χ1v) is 10.6. The van der Waals surface area contributed by atoms with E-state index in [1.807, 2.05) is 24.4 Å². The summed E-state index contributed by atoms with van der Waals surface area (Å²) < 4.78 is 2.20. The number of nitrogens with two attached hydrogens (primary N) is 2. The van der Waals surface area contributed by atoms with Gasteiger partial charge in [0.2, 0.25) is 11.9 Å². The van der Waals surface area contributed by atoms with Gasteiger partial charge in [0.15, 0.2) is 5.16 Å². The molecule has 0 aliphatic carbocycles. The largest absolute Gasteiger partial charge is 0.368 e. The van der Waals surface area contributed by atoms with Crippen LogP contribution < -0.4 is 11.5 Å². The zero-order valence-corrected chi connectivity index (χ0v) is 17.7. The van der Waals surface area contributed by atoms with Crippen molar-refractivity contribution >= 4 is 23.7 Å². The van der Waals surface area contributed by atoms with Crippen LogP contribution in [0.15, 0.2) is 66.0 Å². The fourth-order valence-electron chi connectivity index (χ4n) is 3.31. The summed E-state index contributed by atoms with van der Waals surface area (Å²) in [6.07, 6.45) is 1.91. The topological polar surface area (TPSA) is 109 Å². The lowest BCUT2D eigenvalue weighted by Crippen LogP contribution is -2.07. The van der Waals surface area contributed by atoms with Gasteiger partial charge in [0, 0.05) is 5.56 Å². The Hall–Kier alpha value is -3.39. The molecular weight excluding hydrogens is 394 g/mol. The number of anilines is 2. The van der Waals surface area contributed by atoms with Gasteiger partial charge in [0.1, 0.15) is 5.82 Å². The molecule has 2 aromatic heterocycles. The minimum Gasteiger partial charge on any atom is -0.368 e. The maximum atomic E-state index is 5.71. The highest BCUT2D eigenvalue weighted by atomic mass is 32.2. The zero-order valence-electron chi connectivity index (χ0n) is 16.9. The van der Waals surface area contributed by atoms with Crippen LogP contribution in [-0.4, -0.2) is 24.5 Å². The third kappa shape index (κ3) is 4.13. The summed E-state index contributed by atoms with van der Waals surface area (Å²) >= 11 is 1.54. The summed E-state index contributed by atoms with van der Waals surface area (Å²) in [5, 5.41) is 0.847. The predicted octanol–water partition coefficient (Wildman–Crippen LogP) is 4.30. The Labute approximate surface area is 179 Å². The Morgan fingerprint density at radius 1 is 0.900 bits per heavy atom. The van der Waals surface area contributed by atoms with E-state index in [0.29, 0.717) is 17.5 Å². The van der Waals surface area contributed by atoms with Gasteiger partial charge in [-0.3, -0.25) is 4.57 Å². The molecule has 0 spiro atoms. The number of para-hydroxylation sites is 1. The normalized spacial score (nSPS) is 11.2. The Bertz CT molecular complexity index is 1140. The molecule has 7 nitrogen and oxygen atoms in total. The van der Waals surface area contributed by atoms with Crippen molar-refractivity contribution < 1.29 is 0 Å². The molecule has 152 valence electrons. The molecular formula is C22H23N7S. The van der Waals surface area contributed by atoms with Gasteiger partial charge in [0.05, 0.1) is 23.3 Å². The van der Waals surface area contributed by atoms with Crippen LogP contribution in [-0.2, 0) is 5.75 Å². The third-order valence-electron chi connectivity index (χ3n) is 4.65. The molecule has 0 radical (unpaired) electrons. The summed E-state index contributed by atoms with van der Waals surface area (Å²) in [6, 6.07) is 18.7. The molecule has 2 aromatic carbocycles. The van der Waals surface area contributed by atoms with Gasteiger partial charge in [-0.05, 0) is 17.5 Å². The number of aromatic nitrogens is 5. The molecule has 0 bridgehead atoms. The smallest absolute Gasteiger partial charge is 0.225 e. The first-order valence-electron chi connectivity index (χ1n) is 9.64. The Morgan fingerprint density at radius 3 is 2.27 bits per heavy atom. The van der Waals surface area contributed by atoms with Crippen molar-refractivity contribution in [3.8, 4) is 16.9 Å². The summed E-state index contributed by atoms with van der Waals surface area (Å²) in [4.78, 5) is 16.9. The van der Waals surface area contributed by atoms with Gasteiger partial charge in [-0.2, -0.15) is 15.0 Å². The SMILES string of the molecule is CC(C)c1ccccc1-n1c(-c2ccccc2)cnc1SCc1nc(N)nc(N)n1. The van der Waals surface area contributed by atoms with Crippen molar-refractivity contribution in [2.75, 3.05) is 11.5 Å². The monoisotopic (exact) mass is 417 g/mol. The lowest BCUT2D eigenvalue weighted by atomic mass is 10.0. The van der Waals surface area contributed by atoms with Crippen LogP contribution in [0.25, 0.3) is 16.9 Å². The van der Waals surface area contributed by atoms with E-state index in [1.54, 1.807) is 0 Å². The second-order valence-corrected chi connectivity index (χ2v) is 8.04. The highest BCUT2D eigenvalue weighted by Gasteiger charge is 2.18. The van der Waals surface area contributed by atoms with Crippen LogP contribution >= 0.6 is 11.8 Å². The molecule has 0 amide bonds. The van der Waals surface area contributed by atoms with Crippen LogP contribution in [0.5, 0.6) is 0 Å². The molecule has 0 aliphatic heterocycles. The fourth-order valence-corrected chi connectivity index (χ4v) is 4.15. The van der Waals surface area contributed by atoms with E-state index >= 15 is 0 Å². The van der Waals surface area contributed by atoms with Crippen LogP contribution in [0.1, 0.15) is 31.2 Å². The number of benzene rings is 2. The second-order valence-electron chi connectivity index (χ2n) is 7.10. The molecule has 4 rings (SSSR count). The first kappa shape index (κ1) is 19.9. The van der Waals surface area contributed by atoms with Gasteiger partial charge >= 0.3 is 0 Å². The molecule has 4 aromatic rings. The van der Waals surface area contributed by atoms with E-state index in [2.05, 4.69) is 69.8 Å². The average Bonchev–Trinajstić information content (AvgIpc) is 3.16. The number of thioether (sulfide) groups is 1. The van der Waals surface area contributed by atoms with E-state index in [-0.39, 0.29) is 11.9 Å². The van der Waals surface area contributed by atoms with E-state index in [1.165, 1.54) is 17.3 Å². The Balaban J connectivity index is 1.79. The molecule has 0 atom stereocenters. The highest BCUT2D eigenvalue weighted by molar-refractivity contribution is 7.98. The lowest BCUT2D eigenvalue weighted by Gasteiger charge is -2.18. The van der Waals surface area contributed by atoms with Crippen LogP contribution in [0.3, 0.4) is 0 Å². The molecule has 4 N–H and O–H groups in total. The molecule has 0 aliphatic rings. The Morgan fingerprint density at radius 2 is 1.57 bits per heavy atom. The minimum absolute atomic E-state index is 0.122. The second kappa shape index (κ2) is 8.54. The van der Waals surface area contributed by atoms with Gasteiger partial charge < -0.3 is 11.5 Å². The van der Waals surface area contributed by atoms with Crippen molar-refractivity contribution in [2.45, 2.75) is 30.7 Å². The molecule has 2 heterocycles. The van der Waals surface area contributed by atoms with Crippen LogP contribution in [0, 0.1) is 0 Å². The highest BCUT2D eigenvalue weighted by Crippen LogP contribution is 2.34. The first-order chi connectivity index (χ1) is 14.5. The Kier molecular flexibility index (Phi) is 5.67. The summed E-state index contributed by atoms with van der Waals surface area (Å²) in [5.41, 5.74) is 15.9. The minimum atomic E-state index is 0.122. The van der Waals surface area contributed by atoms with E-state index < -0.39 is 0 Å². The number of hydrogen-bond acceptors (Lipinski definition) is 7. The van der Waals surface area contributed by atoms with Crippen molar-refractivity contribution in [1.82, 2.24) is 24.5 Å². The summed E-state index contributed by atoms with van der Waals surface area (Å²) in [5.74, 6) is 1.62. The average molecular weight is 418 g/mol. The van der Waals surface area contributed by atoms with Crippen LogP contribution in [0.4, 0.5) is 11.9 Å². The van der Waals surface area contributed by atoms with Crippen molar-refractivity contribution in [3.63, 3.8) is 0 Å². The fraction of sp³-hybridized carbons (Fsp3) is 0.182. The quantitative estimate of drug-likeness (QED) is 0.450. The van der Waals surface area contributed by atoms with E-state index in [4.69, 9.17) is 16.5 Å². The molecule has 30 heavy (non-hydrogen) atoms. The van der Waals surface area contributed by atoms with Crippen molar-refractivity contribution in [1.29, 1.82) is 0 Å². The van der Waals surface area contributed by atoms with Crippen molar-refractivity contribution in [2.24, 2.45) is 0 Å². The maximum absolute atomic E-state index is 5.71. The number of hydrogen-bond donors (Lipinski definition) is 2. The molecule has 0 unspecified atom stereocenters. The summed E-state index contributed by atoms with van der Waals surface area (Å²) in [6.45, 7) is 4.39. The maximum Gasteiger partial charge on any atom is 0.225 e. The number of rotatable bonds is 6. The number of nitrogens with zero attached hydrogens (tertiary/aromatic N) is 5. The van der Waals surface area contributed by atoms with Gasteiger partial charge in [-0.25, -0.2) is 4.98 Å². The molecule has 8 heteroatoms. The van der Waals surface area contributed by atoms with Gasteiger partial charge in [-0.1, -0.05) is 74.1 Å².